The van der Waals surface area contributed by atoms with Crippen LogP contribution in [0.25, 0.3) is 0 Å². The third-order valence-electron chi connectivity index (χ3n) is 4.69. The van der Waals surface area contributed by atoms with Gasteiger partial charge in [0.15, 0.2) is 0 Å². The molecule has 1 aliphatic carbocycles. The molecule has 0 aromatic rings. The summed E-state index contributed by atoms with van der Waals surface area (Å²) in [6.45, 7) is 11.2. The predicted octanol–water partition coefficient (Wildman–Crippen LogP) is 3.49. The van der Waals surface area contributed by atoms with E-state index >= 15 is 0 Å². The van der Waals surface area contributed by atoms with Gasteiger partial charge in [-0.05, 0) is 63.6 Å². The number of amides is 1. The highest BCUT2D eigenvalue weighted by Gasteiger charge is 2.25. The fraction of sp³-hybridized carbons (Fsp3) is 0.650. The van der Waals surface area contributed by atoms with E-state index in [1.165, 1.54) is 12.1 Å². The summed E-state index contributed by atoms with van der Waals surface area (Å²) in [4.78, 5) is 12.0. The number of hydrogen-bond donors (Lipinski definition) is 3. The van der Waals surface area contributed by atoms with Gasteiger partial charge in [-0.25, -0.2) is 0 Å². The molecule has 1 aliphatic heterocycles. The maximum Gasteiger partial charge on any atom is 0.246 e. The maximum atomic E-state index is 12.0. The molecule has 4 heteroatoms. The zero-order chi connectivity index (χ0) is 17.9. The lowest BCUT2D eigenvalue weighted by molar-refractivity contribution is -0.123. The fourth-order valence-corrected chi connectivity index (χ4v) is 3.13. The van der Waals surface area contributed by atoms with E-state index in [9.17, 15) is 4.79 Å². The second-order valence-electron chi connectivity index (χ2n) is 6.48. The van der Waals surface area contributed by atoms with Crippen LogP contribution >= 0.6 is 0 Å². The van der Waals surface area contributed by atoms with Gasteiger partial charge in [-0.1, -0.05) is 39.5 Å². The lowest BCUT2D eigenvalue weighted by Crippen LogP contribution is -2.46. The van der Waals surface area contributed by atoms with Crippen molar-refractivity contribution >= 4 is 5.91 Å². The molecule has 0 saturated carbocycles. The Morgan fingerprint density at radius 1 is 1.33 bits per heavy atom. The Balaban J connectivity index is 0.00000139. The van der Waals surface area contributed by atoms with Gasteiger partial charge in [0, 0.05) is 11.4 Å². The minimum absolute atomic E-state index is 0.0457. The van der Waals surface area contributed by atoms with Gasteiger partial charge < -0.3 is 16.0 Å². The van der Waals surface area contributed by atoms with Crippen LogP contribution in [0.15, 0.2) is 36.2 Å². The van der Waals surface area contributed by atoms with Crippen LogP contribution in [0.4, 0.5) is 0 Å². The largest absolute Gasteiger partial charge is 0.377 e. The van der Waals surface area contributed by atoms with E-state index in [2.05, 4.69) is 47.7 Å². The van der Waals surface area contributed by atoms with E-state index in [4.69, 9.17) is 0 Å². The zero-order valence-corrected chi connectivity index (χ0v) is 15.8. The zero-order valence-electron chi connectivity index (χ0n) is 15.8. The first-order valence-corrected chi connectivity index (χ1v) is 9.37. The fourth-order valence-electron chi connectivity index (χ4n) is 3.13. The van der Waals surface area contributed by atoms with Gasteiger partial charge in [0.1, 0.15) is 6.04 Å². The molecular weight excluding hydrogens is 298 g/mol. The molecule has 1 saturated heterocycles. The Morgan fingerprint density at radius 2 is 2.08 bits per heavy atom. The molecule has 0 aromatic carbocycles. The SMILES string of the molecule is C=C1CCC(NC2=CC=CC(C(C)CCNC)CC2)C(=O)N1.CC. The van der Waals surface area contributed by atoms with Crippen LogP contribution in [-0.4, -0.2) is 25.5 Å². The Hall–Kier alpha value is -1.55. The average molecular weight is 334 g/mol. The molecule has 136 valence electrons. The maximum absolute atomic E-state index is 12.0. The van der Waals surface area contributed by atoms with Gasteiger partial charge in [0.25, 0.3) is 0 Å². The van der Waals surface area contributed by atoms with Gasteiger partial charge in [-0.2, -0.15) is 0 Å². The normalized spacial score (nSPS) is 24.9. The molecule has 3 atom stereocenters. The Kier molecular flexibility index (Phi) is 9.46. The number of carbonyl (C=O) groups excluding carboxylic acids is 1. The predicted molar refractivity (Wildman–Crippen MR) is 102 cm³/mol. The molecule has 24 heavy (non-hydrogen) atoms. The molecule has 0 bridgehead atoms. The van der Waals surface area contributed by atoms with Crippen molar-refractivity contribution in [2.45, 2.75) is 58.9 Å². The first kappa shape index (κ1) is 20.5. The van der Waals surface area contributed by atoms with Gasteiger partial charge in [0.05, 0.1) is 0 Å². The summed E-state index contributed by atoms with van der Waals surface area (Å²) in [6, 6.07) is -0.122. The van der Waals surface area contributed by atoms with Gasteiger partial charge >= 0.3 is 0 Å². The monoisotopic (exact) mass is 333 g/mol. The van der Waals surface area contributed by atoms with E-state index < -0.39 is 0 Å². The van der Waals surface area contributed by atoms with Crippen molar-refractivity contribution in [3.8, 4) is 0 Å². The van der Waals surface area contributed by atoms with E-state index in [1.54, 1.807) is 0 Å². The lowest BCUT2D eigenvalue weighted by atomic mass is 9.87. The third kappa shape index (κ3) is 6.52. The number of carbonyl (C=O) groups is 1. The second kappa shape index (κ2) is 11.1. The summed E-state index contributed by atoms with van der Waals surface area (Å²) in [5.74, 6) is 1.34. The molecule has 2 rings (SSSR count). The van der Waals surface area contributed by atoms with Crippen LogP contribution in [0.3, 0.4) is 0 Å². The lowest BCUT2D eigenvalue weighted by Gasteiger charge is -2.26. The highest BCUT2D eigenvalue weighted by Crippen LogP contribution is 2.26. The van der Waals surface area contributed by atoms with Crippen LogP contribution in [0, 0.1) is 11.8 Å². The summed E-state index contributed by atoms with van der Waals surface area (Å²) in [6.07, 6.45) is 11.6. The minimum atomic E-state index is -0.122. The number of rotatable bonds is 6. The highest BCUT2D eigenvalue weighted by atomic mass is 16.2. The molecular formula is C20H35N3O. The average Bonchev–Trinajstić information content (AvgIpc) is 2.83. The van der Waals surface area contributed by atoms with E-state index in [0.29, 0.717) is 11.8 Å². The van der Waals surface area contributed by atoms with Crippen molar-refractivity contribution in [1.82, 2.24) is 16.0 Å². The van der Waals surface area contributed by atoms with Gasteiger partial charge in [0.2, 0.25) is 5.91 Å². The second-order valence-corrected chi connectivity index (χ2v) is 6.48. The summed E-state index contributed by atoms with van der Waals surface area (Å²) in [5.41, 5.74) is 2.00. The summed E-state index contributed by atoms with van der Waals surface area (Å²) in [7, 11) is 2.00. The summed E-state index contributed by atoms with van der Waals surface area (Å²) in [5, 5.41) is 9.48. The number of hydrogen-bond acceptors (Lipinski definition) is 3. The Morgan fingerprint density at radius 3 is 2.75 bits per heavy atom. The van der Waals surface area contributed by atoms with Crippen LogP contribution in [0.1, 0.15) is 52.9 Å². The van der Waals surface area contributed by atoms with Crippen molar-refractivity contribution in [2.75, 3.05) is 13.6 Å². The van der Waals surface area contributed by atoms with Gasteiger partial charge in [-0.15, -0.1) is 0 Å². The van der Waals surface area contributed by atoms with Crippen LogP contribution in [0.2, 0.25) is 0 Å². The molecule has 4 nitrogen and oxygen atoms in total. The number of piperidine rings is 1. The first-order valence-electron chi connectivity index (χ1n) is 9.37. The quantitative estimate of drug-likeness (QED) is 0.697. The number of allylic oxidation sites excluding steroid dienone is 5. The molecule has 1 heterocycles. The molecule has 2 aliphatic rings. The molecule has 1 amide bonds. The van der Waals surface area contributed by atoms with Crippen LogP contribution in [-0.2, 0) is 4.79 Å². The molecule has 3 N–H and O–H groups in total. The standard InChI is InChI=1S/C18H29N3O.C2H6/c1-13(11-12-19-3)15-5-4-6-16(9-8-15)21-17-10-7-14(2)20-18(17)22;1-2/h4-6,13,15,17,19,21H,2,7-12H2,1,3H3,(H,20,22);1-2H3. The third-order valence-corrected chi connectivity index (χ3v) is 4.69. The summed E-state index contributed by atoms with van der Waals surface area (Å²) < 4.78 is 0. The van der Waals surface area contributed by atoms with Crippen LogP contribution in [0.5, 0.6) is 0 Å². The smallest absolute Gasteiger partial charge is 0.246 e. The van der Waals surface area contributed by atoms with E-state index in [-0.39, 0.29) is 11.9 Å². The molecule has 0 radical (unpaired) electrons. The molecule has 3 unspecified atom stereocenters. The highest BCUT2D eigenvalue weighted by molar-refractivity contribution is 5.84. The first-order chi connectivity index (χ1) is 11.6. The molecule has 0 spiro atoms. The van der Waals surface area contributed by atoms with Gasteiger partial charge in [-0.3, -0.25) is 4.79 Å². The van der Waals surface area contributed by atoms with Crippen molar-refractivity contribution < 1.29 is 4.79 Å². The number of nitrogens with one attached hydrogen (secondary N) is 3. The van der Waals surface area contributed by atoms with Crippen molar-refractivity contribution in [2.24, 2.45) is 11.8 Å². The minimum Gasteiger partial charge on any atom is -0.377 e. The van der Waals surface area contributed by atoms with Crippen molar-refractivity contribution in [3.63, 3.8) is 0 Å². The molecule has 1 fully saturated rings. The Labute approximate surface area is 147 Å². The van der Waals surface area contributed by atoms with E-state index in [1.807, 2.05) is 20.9 Å². The van der Waals surface area contributed by atoms with E-state index in [0.717, 1.165) is 37.9 Å². The Bertz CT molecular complexity index is 468. The molecule has 0 aromatic heterocycles. The summed E-state index contributed by atoms with van der Waals surface area (Å²) >= 11 is 0. The van der Waals surface area contributed by atoms with Crippen molar-refractivity contribution in [1.29, 1.82) is 0 Å². The van der Waals surface area contributed by atoms with Crippen LogP contribution < -0.4 is 16.0 Å². The van der Waals surface area contributed by atoms with Crippen molar-refractivity contribution in [3.05, 3.63) is 36.2 Å². The topological polar surface area (TPSA) is 53.2 Å².